The molecule has 3 unspecified atom stereocenters. The normalized spacial score (nSPS) is 26.1. The highest BCUT2D eigenvalue weighted by atomic mass is 16.4. The lowest BCUT2D eigenvalue weighted by molar-refractivity contribution is -0.147. The summed E-state index contributed by atoms with van der Waals surface area (Å²) in [4.78, 5) is 25.0. The number of nitrogens with two attached hydrogens (primary N) is 1. The molecule has 5 nitrogen and oxygen atoms in total. The molecule has 3 N–H and O–H groups in total. The van der Waals surface area contributed by atoms with Crippen molar-refractivity contribution in [3.63, 3.8) is 0 Å². The Morgan fingerprint density at radius 1 is 1.42 bits per heavy atom. The van der Waals surface area contributed by atoms with Gasteiger partial charge in [0.05, 0.1) is 5.92 Å². The predicted molar refractivity (Wildman–Crippen MR) is 73.6 cm³/mol. The van der Waals surface area contributed by atoms with Gasteiger partial charge in [0.1, 0.15) is 0 Å². The number of nitrogens with zero attached hydrogens (tertiary/aromatic N) is 1. The van der Waals surface area contributed by atoms with Crippen LogP contribution < -0.4 is 5.73 Å². The van der Waals surface area contributed by atoms with Crippen molar-refractivity contribution in [1.82, 2.24) is 4.90 Å². The van der Waals surface area contributed by atoms with Crippen molar-refractivity contribution in [2.24, 2.45) is 17.1 Å². The molecule has 3 atom stereocenters. The average molecular weight is 270 g/mol. The molecule has 1 aliphatic rings. The van der Waals surface area contributed by atoms with Crippen molar-refractivity contribution in [3.8, 4) is 0 Å². The first kappa shape index (κ1) is 16.0. The monoisotopic (exact) mass is 270 g/mol. The average Bonchev–Trinajstić information content (AvgIpc) is 2.26. The van der Waals surface area contributed by atoms with E-state index in [4.69, 9.17) is 10.8 Å². The van der Waals surface area contributed by atoms with E-state index in [9.17, 15) is 9.59 Å². The van der Waals surface area contributed by atoms with Crippen LogP contribution in [-0.4, -0.2) is 40.5 Å². The molecule has 0 saturated carbocycles. The quantitative estimate of drug-likeness (QED) is 0.813. The number of carbonyl (C=O) groups excluding carboxylic acids is 1. The van der Waals surface area contributed by atoms with Gasteiger partial charge >= 0.3 is 5.97 Å². The van der Waals surface area contributed by atoms with Gasteiger partial charge in [-0.25, -0.2) is 0 Å². The van der Waals surface area contributed by atoms with Gasteiger partial charge in [0.25, 0.3) is 0 Å². The van der Waals surface area contributed by atoms with Gasteiger partial charge in [-0.15, -0.1) is 0 Å². The summed E-state index contributed by atoms with van der Waals surface area (Å²) in [6.07, 6.45) is 1.40. The van der Waals surface area contributed by atoms with Crippen LogP contribution in [0, 0.1) is 11.3 Å². The number of hydrogen-bond donors (Lipinski definition) is 2. The molecule has 110 valence electrons. The Kier molecular flexibility index (Phi) is 4.96. The fourth-order valence-electron chi connectivity index (χ4n) is 2.38. The topological polar surface area (TPSA) is 83.6 Å². The zero-order valence-corrected chi connectivity index (χ0v) is 12.3. The number of carboxylic acid groups (broad SMARTS) is 1. The lowest BCUT2D eigenvalue weighted by Crippen LogP contribution is -2.49. The lowest BCUT2D eigenvalue weighted by Gasteiger charge is -2.38. The molecule has 0 aliphatic carbocycles. The van der Waals surface area contributed by atoms with Gasteiger partial charge in [-0.1, -0.05) is 20.8 Å². The van der Waals surface area contributed by atoms with Crippen LogP contribution in [0.4, 0.5) is 0 Å². The minimum atomic E-state index is -0.759. The number of likely N-dealkylation sites (tertiary alicyclic amines) is 1. The number of rotatable bonds is 3. The Morgan fingerprint density at radius 3 is 2.42 bits per heavy atom. The van der Waals surface area contributed by atoms with Crippen LogP contribution in [0.5, 0.6) is 0 Å². The Balaban J connectivity index is 2.57. The molecule has 1 aliphatic heterocycles. The van der Waals surface area contributed by atoms with Crippen molar-refractivity contribution >= 4 is 11.9 Å². The number of hydrogen-bond acceptors (Lipinski definition) is 3. The number of aliphatic carboxylic acids is 1. The molecule has 1 amide bonds. The second-order valence-corrected chi connectivity index (χ2v) is 6.67. The summed E-state index contributed by atoms with van der Waals surface area (Å²) in [5.41, 5.74) is 5.94. The second kappa shape index (κ2) is 5.90. The minimum absolute atomic E-state index is 0.0190. The molecule has 19 heavy (non-hydrogen) atoms. The highest BCUT2D eigenvalue weighted by Crippen LogP contribution is 2.26. The van der Waals surface area contributed by atoms with Crippen LogP contribution in [-0.2, 0) is 9.59 Å². The third-order valence-electron chi connectivity index (χ3n) is 4.05. The van der Waals surface area contributed by atoms with Crippen LogP contribution >= 0.6 is 0 Å². The van der Waals surface area contributed by atoms with Gasteiger partial charge in [-0.05, 0) is 25.2 Å². The SMILES string of the molecule is CC1CC(C(=O)O)CCN1C(=O)CC(N)C(C)(C)C. The molecular formula is C14H26N2O3. The Hall–Kier alpha value is -1.10. The van der Waals surface area contributed by atoms with Crippen LogP contribution in [0.2, 0.25) is 0 Å². The third-order valence-corrected chi connectivity index (χ3v) is 4.05. The molecule has 1 saturated heterocycles. The zero-order chi connectivity index (χ0) is 14.8. The predicted octanol–water partition coefficient (Wildman–Crippen LogP) is 1.46. The molecular weight excluding hydrogens is 244 g/mol. The Labute approximate surface area is 115 Å². The minimum Gasteiger partial charge on any atom is -0.481 e. The van der Waals surface area contributed by atoms with E-state index in [-0.39, 0.29) is 29.3 Å². The molecule has 0 aromatic heterocycles. The maximum Gasteiger partial charge on any atom is 0.306 e. The van der Waals surface area contributed by atoms with Crippen LogP contribution in [0.3, 0.4) is 0 Å². The number of carbonyl (C=O) groups is 2. The molecule has 5 heteroatoms. The van der Waals surface area contributed by atoms with E-state index in [1.54, 1.807) is 4.90 Å². The molecule has 0 bridgehead atoms. The molecule has 0 radical (unpaired) electrons. The molecule has 0 spiro atoms. The first-order chi connectivity index (χ1) is 8.62. The van der Waals surface area contributed by atoms with Gasteiger partial charge in [0, 0.05) is 25.0 Å². The van der Waals surface area contributed by atoms with Crippen LogP contribution in [0.15, 0.2) is 0 Å². The first-order valence-corrected chi connectivity index (χ1v) is 6.90. The highest BCUT2D eigenvalue weighted by Gasteiger charge is 2.33. The van der Waals surface area contributed by atoms with Gasteiger partial charge in [-0.2, -0.15) is 0 Å². The number of amides is 1. The maximum atomic E-state index is 12.2. The summed E-state index contributed by atoms with van der Waals surface area (Å²) in [6.45, 7) is 8.49. The van der Waals surface area contributed by atoms with E-state index in [1.807, 2.05) is 27.7 Å². The van der Waals surface area contributed by atoms with Gasteiger partial charge in [0.2, 0.25) is 5.91 Å². The molecule has 1 heterocycles. The van der Waals surface area contributed by atoms with E-state index in [0.717, 1.165) is 0 Å². The smallest absolute Gasteiger partial charge is 0.306 e. The molecule has 1 rings (SSSR count). The van der Waals surface area contributed by atoms with E-state index in [0.29, 0.717) is 25.8 Å². The second-order valence-electron chi connectivity index (χ2n) is 6.67. The third kappa shape index (κ3) is 4.20. The van der Waals surface area contributed by atoms with Gasteiger partial charge in [-0.3, -0.25) is 9.59 Å². The largest absolute Gasteiger partial charge is 0.481 e. The fourth-order valence-corrected chi connectivity index (χ4v) is 2.38. The molecule has 1 fully saturated rings. The van der Waals surface area contributed by atoms with Crippen molar-refractivity contribution in [2.75, 3.05) is 6.54 Å². The zero-order valence-electron chi connectivity index (χ0n) is 12.3. The van der Waals surface area contributed by atoms with Gasteiger partial charge < -0.3 is 15.7 Å². The summed E-state index contributed by atoms with van der Waals surface area (Å²) in [5.74, 6) is -1.04. The van der Waals surface area contributed by atoms with Crippen molar-refractivity contribution < 1.29 is 14.7 Å². The van der Waals surface area contributed by atoms with E-state index >= 15 is 0 Å². The van der Waals surface area contributed by atoms with E-state index < -0.39 is 5.97 Å². The highest BCUT2D eigenvalue weighted by molar-refractivity contribution is 5.78. The van der Waals surface area contributed by atoms with Crippen molar-refractivity contribution in [2.45, 2.75) is 59.0 Å². The summed E-state index contributed by atoms with van der Waals surface area (Å²) < 4.78 is 0. The fraction of sp³-hybridized carbons (Fsp3) is 0.857. The van der Waals surface area contributed by atoms with E-state index in [2.05, 4.69) is 0 Å². The van der Waals surface area contributed by atoms with Crippen molar-refractivity contribution in [1.29, 1.82) is 0 Å². The summed E-state index contributed by atoms with van der Waals surface area (Å²) >= 11 is 0. The van der Waals surface area contributed by atoms with Crippen LogP contribution in [0.1, 0.15) is 47.0 Å². The maximum absolute atomic E-state index is 12.2. The Bertz CT molecular complexity index is 349. The summed E-state index contributed by atoms with van der Waals surface area (Å²) in [7, 11) is 0. The first-order valence-electron chi connectivity index (χ1n) is 6.90. The summed E-state index contributed by atoms with van der Waals surface area (Å²) in [6, 6.07) is -0.195. The van der Waals surface area contributed by atoms with Gasteiger partial charge in [0.15, 0.2) is 0 Å². The number of piperidine rings is 1. The van der Waals surface area contributed by atoms with Crippen molar-refractivity contribution in [3.05, 3.63) is 0 Å². The standard InChI is InChI=1S/C14H26N2O3/c1-9-7-10(13(18)19)5-6-16(9)12(17)8-11(15)14(2,3)4/h9-11H,5-8,15H2,1-4H3,(H,18,19). The lowest BCUT2D eigenvalue weighted by atomic mass is 9.84. The van der Waals surface area contributed by atoms with E-state index in [1.165, 1.54) is 0 Å². The molecule has 0 aromatic carbocycles. The van der Waals surface area contributed by atoms with Crippen LogP contribution in [0.25, 0.3) is 0 Å². The number of carboxylic acids is 1. The Morgan fingerprint density at radius 2 is 2.00 bits per heavy atom. The summed E-state index contributed by atoms with van der Waals surface area (Å²) in [5, 5.41) is 9.01. The molecule has 0 aromatic rings.